The zero-order valence-corrected chi connectivity index (χ0v) is 12.6. The minimum Gasteiger partial charge on any atom is -0.354 e. The van der Waals surface area contributed by atoms with Crippen LogP contribution < -0.4 is 5.73 Å². The fraction of sp³-hybridized carbons (Fsp3) is 0.647. The highest BCUT2D eigenvalue weighted by atomic mass is 16.5. The highest BCUT2D eigenvalue weighted by Crippen LogP contribution is 2.13. The Balaban J connectivity index is 2.21. The third-order valence-electron chi connectivity index (χ3n) is 3.62. The summed E-state index contributed by atoms with van der Waals surface area (Å²) in [6.45, 7) is 2.24. The van der Waals surface area contributed by atoms with Crippen molar-refractivity contribution in [1.29, 1.82) is 0 Å². The second-order valence-electron chi connectivity index (χ2n) is 5.71. The minimum absolute atomic E-state index is 0.157. The molecule has 114 valence electrons. The molecule has 0 atom stereocenters. The van der Waals surface area contributed by atoms with E-state index < -0.39 is 5.91 Å². The van der Waals surface area contributed by atoms with E-state index in [0.29, 0.717) is 6.42 Å². The van der Waals surface area contributed by atoms with Crippen molar-refractivity contribution < 1.29 is 10.2 Å². The van der Waals surface area contributed by atoms with Crippen LogP contribution >= 0.6 is 0 Å². The maximum atomic E-state index is 9.07. The highest BCUT2D eigenvalue weighted by Gasteiger charge is 2.14. The molecular formula is C17H29NO2. The normalized spacial score (nSPS) is 11.8. The third kappa shape index (κ3) is 8.31. The fourth-order valence-corrected chi connectivity index (χ4v) is 2.31. The number of rotatable bonds is 10. The minimum atomic E-state index is -2.06. The molecule has 0 unspecified atom stereocenters. The van der Waals surface area contributed by atoms with Crippen LogP contribution in [0.1, 0.15) is 63.0 Å². The molecule has 0 aliphatic heterocycles. The van der Waals surface area contributed by atoms with Gasteiger partial charge in [0.2, 0.25) is 5.91 Å². The van der Waals surface area contributed by atoms with E-state index in [4.69, 9.17) is 15.9 Å². The number of benzene rings is 1. The van der Waals surface area contributed by atoms with Gasteiger partial charge in [-0.2, -0.15) is 0 Å². The van der Waals surface area contributed by atoms with Gasteiger partial charge in [0, 0.05) is 6.42 Å². The van der Waals surface area contributed by atoms with E-state index in [0.717, 1.165) is 12.0 Å². The van der Waals surface area contributed by atoms with E-state index in [1.54, 1.807) is 0 Å². The molecule has 1 aromatic rings. The summed E-state index contributed by atoms with van der Waals surface area (Å²) in [5, 5.41) is 18.1. The summed E-state index contributed by atoms with van der Waals surface area (Å²) in [5.41, 5.74) is 7.59. The molecule has 0 fully saturated rings. The maximum absolute atomic E-state index is 9.07. The van der Waals surface area contributed by atoms with Crippen molar-refractivity contribution in [2.75, 3.05) is 0 Å². The van der Waals surface area contributed by atoms with Gasteiger partial charge in [-0.1, -0.05) is 63.3 Å². The number of hydrogen-bond donors (Lipinski definition) is 3. The summed E-state index contributed by atoms with van der Waals surface area (Å²) < 4.78 is 0. The first-order chi connectivity index (χ1) is 9.51. The van der Waals surface area contributed by atoms with Crippen LogP contribution in [-0.4, -0.2) is 16.1 Å². The number of aliphatic hydroxyl groups is 2. The van der Waals surface area contributed by atoms with Crippen LogP contribution in [0.5, 0.6) is 0 Å². The molecule has 1 aromatic carbocycles. The van der Waals surface area contributed by atoms with E-state index in [1.165, 1.54) is 44.1 Å². The van der Waals surface area contributed by atoms with Crippen molar-refractivity contribution in [3.8, 4) is 0 Å². The number of aryl methyl sites for hydroxylation is 2. The highest BCUT2D eigenvalue weighted by molar-refractivity contribution is 5.22. The average molecular weight is 279 g/mol. The smallest absolute Gasteiger partial charge is 0.220 e. The summed E-state index contributed by atoms with van der Waals surface area (Å²) in [4.78, 5) is 0. The van der Waals surface area contributed by atoms with Crippen molar-refractivity contribution in [2.24, 2.45) is 5.73 Å². The largest absolute Gasteiger partial charge is 0.354 e. The lowest BCUT2D eigenvalue weighted by atomic mass is 10.0. The molecule has 0 aromatic heterocycles. The van der Waals surface area contributed by atoms with Crippen molar-refractivity contribution in [2.45, 2.75) is 70.6 Å². The summed E-state index contributed by atoms with van der Waals surface area (Å²) in [5.74, 6) is -2.06. The van der Waals surface area contributed by atoms with Crippen molar-refractivity contribution in [1.82, 2.24) is 0 Å². The van der Waals surface area contributed by atoms with Gasteiger partial charge in [0.15, 0.2) is 0 Å². The molecule has 0 heterocycles. The van der Waals surface area contributed by atoms with Gasteiger partial charge in [-0.25, -0.2) is 0 Å². The molecule has 0 amide bonds. The summed E-state index contributed by atoms with van der Waals surface area (Å²) in [6.07, 6.45) is 9.79. The Bertz CT molecular complexity index is 354. The van der Waals surface area contributed by atoms with Crippen LogP contribution in [-0.2, 0) is 12.8 Å². The van der Waals surface area contributed by atoms with Gasteiger partial charge in [-0.15, -0.1) is 0 Å². The Hall–Kier alpha value is -0.900. The summed E-state index contributed by atoms with van der Waals surface area (Å²) in [6, 6.07) is 8.37. The summed E-state index contributed by atoms with van der Waals surface area (Å²) in [7, 11) is 0. The molecule has 20 heavy (non-hydrogen) atoms. The predicted molar refractivity (Wildman–Crippen MR) is 83.2 cm³/mol. The zero-order valence-electron chi connectivity index (χ0n) is 12.6. The third-order valence-corrected chi connectivity index (χ3v) is 3.62. The van der Waals surface area contributed by atoms with Gasteiger partial charge in [0.25, 0.3) is 0 Å². The van der Waals surface area contributed by atoms with E-state index in [1.807, 2.05) is 0 Å². The Kier molecular flexibility index (Phi) is 7.82. The van der Waals surface area contributed by atoms with Gasteiger partial charge in [0.1, 0.15) is 0 Å². The van der Waals surface area contributed by atoms with E-state index in [9.17, 15) is 0 Å². The quantitative estimate of drug-likeness (QED) is 0.455. The van der Waals surface area contributed by atoms with Crippen LogP contribution in [0.25, 0.3) is 0 Å². The van der Waals surface area contributed by atoms with Gasteiger partial charge < -0.3 is 10.2 Å². The van der Waals surface area contributed by atoms with Crippen LogP contribution in [0.2, 0.25) is 0 Å². The standard InChI is InChI=1S/C17H29NO2/c1-2-3-4-5-6-7-8-15-9-11-16(12-10-15)13-14-17(18,19)20/h9-12,19-20H,2-8,13-14,18H2,1H3. The molecule has 3 nitrogen and oxygen atoms in total. The van der Waals surface area contributed by atoms with E-state index >= 15 is 0 Å². The fourth-order valence-electron chi connectivity index (χ4n) is 2.31. The van der Waals surface area contributed by atoms with Crippen LogP contribution in [0.15, 0.2) is 24.3 Å². The average Bonchev–Trinajstić information content (AvgIpc) is 2.41. The first kappa shape index (κ1) is 17.2. The molecule has 0 spiro atoms. The Morgan fingerprint density at radius 1 is 0.850 bits per heavy atom. The Labute approximate surface area is 122 Å². The lowest BCUT2D eigenvalue weighted by Gasteiger charge is -2.15. The Morgan fingerprint density at radius 2 is 1.35 bits per heavy atom. The molecule has 4 N–H and O–H groups in total. The molecule has 1 rings (SSSR count). The van der Waals surface area contributed by atoms with Crippen LogP contribution in [0, 0.1) is 0 Å². The van der Waals surface area contributed by atoms with Gasteiger partial charge in [-0.3, -0.25) is 5.73 Å². The van der Waals surface area contributed by atoms with Gasteiger partial charge in [0.05, 0.1) is 0 Å². The number of nitrogens with two attached hydrogens (primary N) is 1. The topological polar surface area (TPSA) is 66.5 Å². The van der Waals surface area contributed by atoms with Crippen molar-refractivity contribution in [3.63, 3.8) is 0 Å². The monoisotopic (exact) mass is 279 g/mol. The molecule has 0 radical (unpaired) electrons. The first-order valence-corrected chi connectivity index (χ1v) is 7.83. The molecule has 3 heteroatoms. The predicted octanol–water partition coefficient (Wildman–Crippen LogP) is 3.12. The Morgan fingerprint density at radius 3 is 1.90 bits per heavy atom. The molecule has 0 aliphatic carbocycles. The number of hydrogen-bond acceptors (Lipinski definition) is 3. The molecule has 0 aliphatic rings. The van der Waals surface area contributed by atoms with E-state index in [2.05, 4.69) is 31.2 Å². The molecule has 0 bridgehead atoms. The number of unbranched alkanes of at least 4 members (excludes halogenated alkanes) is 5. The maximum Gasteiger partial charge on any atom is 0.220 e. The molecular weight excluding hydrogens is 250 g/mol. The zero-order chi connectivity index (χ0) is 14.8. The lowest BCUT2D eigenvalue weighted by Crippen LogP contribution is -2.39. The van der Waals surface area contributed by atoms with Crippen LogP contribution in [0.4, 0.5) is 0 Å². The van der Waals surface area contributed by atoms with Crippen molar-refractivity contribution >= 4 is 0 Å². The van der Waals surface area contributed by atoms with Crippen LogP contribution in [0.3, 0.4) is 0 Å². The van der Waals surface area contributed by atoms with Crippen molar-refractivity contribution in [3.05, 3.63) is 35.4 Å². The van der Waals surface area contributed by atoms with E-state index in [-0.39, 0.29) is 6.42 Å². The molecule has 0 saturated heterocycles. The lowest BCUT2D eigenvalue weighted by molar-refractivity contribution is -0.159. The SMILES string of the molecule is CCCCCCCCc1ccc(CCC(N)(O)O)cc1. The second-order valence-corrected chi connectivity index (χ2v) is 5.71. The second kappa shape index (κ2) is 9.11. The first-order valence-electron chi connectivity index (χ1n) is 7.83. The van der Waals surface area contributed by atoms with Gasteiger partial charge >= 0.3 is 0 Å². The summed E-state index contributed by atoms with van der Waals surface area (Å²) >= 11 is 0. The molecule has 0 saturated carbocycles. The van der Waals surface area contributed by atoms with Gasteiger partial charge in [-0.05, 0) is 30.4 Å².